The number of carboxylic acid groups (broad SMARTS) is 1. The minimum atomic E-state index is -4.77. The molecule has 0 unspecified atom stereocenters. The van der Waals surface area contributed by atoms with E-state index in [-0.39, 0.29) is 30.2 Å². The predicted molar refractivity (Wildman–Crippen MR) is 92.2 cm³/mol. The van der Waals surface area contributed by atoms with Gasteiger partial charge in [0.2, 0.25) is 0 Å². The number of benzene rings is 2. The first-order chi connectivity index (χ1) is 13.3. The van der Waals surface area contributed by atoms with Crippen LogP contribution in [0.1, 0.15) is 16.1 Å². The van der Waals surface area contributed by atoms with Crippen LogP contribution in [0.5, 0.6) is 11.5 Å². The van der Waals surface area contributed by atoms with E-state index < -0.39 is 12.3 Å². The average molecular weight is 390 g/mol. The van der Waals surface area contributed by atoms with Gasteiger partial charge in [-0.15, -0.1) is 13.2 Å². The second kappa shape index (κ2) is 7.52. The Balaban J connectivity index is 1.77. The molecule has 3 rings (SSSR count). The maximum absolute atomic E-state index is 12.2. The Bertz CT molecular complexity index is 1050. The second-order valence-corrected chi connectivity index (χ2v) is 5.68. The van der Waals surface area contributed by atoms with E-state index in [1.165, 1.54) is 16.7 Å². The Hall–Kier alpha value is -3.67. The summed E-state index contributed by atoms with van der Waals surface area (Å²) < 4.78 is 47.2. The molecule has 0 radical (unpaired) electrons. The Morgan fingerprint density at radius 2 is 1.75 bits per heavy atom. The molecular weight excluding hydrogens is 377 g/mol. The molecule has 1 heterocycles. The molecule has 2 aromatic carbocycles. The van der Waals surface area contributed by atoms with Gasteiger partial charge in [0, 0.05) is 5.39 Å². The highest BCUT2D eigenvalue weighted by Crippen LogP contribution is 2.27. The first-order valence-corrected chi connectivity index (χ1v) is 8.03. The SMILES string of the molecule is N#Cc1c(C(=O)O)n(CCOc2ccc(OC(F)(F)F)cc2)c2ccccc12. The number of halogens is 3. The van der Waals surface area contributed by atoms with Gasteiger partial charge in [-0.2, -0.15) is 5.26 Å². The number of ether oxygens (including phenoxy) is 2. The van der Waals surface area contributed by atoms with Gasteiger partial charge in [0.05, 0.1) is 17.6 Å². The fraction of sp³-hybridized carbons (Fsp3) is 0.158. The highest BCUT2D eigenvalue weighted by Gasteiger charge is 2.31. The standard InChI is InChI=1S/C19H13F3N2O4/c20-19(21,22)28-13-7-5-12(6-8-13)27-10-9-24-16-4-2-1-3-14(16)15(11-23)17(24)18(25)26/h1-8H,9-10H2,(H,25,26). The summed E-state index contributed by atoms with van der Waals surface area (Å²) in [4.78, 5) is 11.6. The van der Waals surface area contributed by atoms with Gasteiger partial charge in [0.25, 0.3) is 0 Å². The van der Waals surface area contributed by atoms with Gasteiger partial charge < -0.3 is 19.1 Å². The zero-order valence-corrected chi connectivity index (χ0v) is 14.2. The topological polar surface area (TPSA) is 84.5 Å². The van der Waals surface area contributed by atoms with Crippen LogP contribution in [0.25, 0.3) is 10.9 Å². The van der Waals surface area contributed by atoms with Gasteiger partial charge in [-0.1, -0.05) is 18.2 Å². The Morgan fingerprint density at radius 3 is 2.36 bits per heavy atom. The van der Waals surface area contributed by atoms with E-state index in [1.807, 2.05) is 6.07 Å². The number of fused-ring (bicyclic) bond motifs is 1. The normalized spacial score (nSPS) is 11.2. The predicted octanol–water partition coefficient (Wildman–Crippen LogP) is 4.19. The van der Waals surface area contributed by atoms with Crippen LogP contribution in [0, 0.1) is 11.3 Å². The molecule has 9 heteroatoms. The molecule has 0 spiro atoms. The lowest BCUT2D eigenvalue weighted by atomic mass is 10.1. The first kappa shape index (κ1) is 19.1. The number of hydrogen-bond acceptors (Lipinski definition) is 4. The quantitative estimate of drug-likeness (QED) is 0.682. The smallest absolute Gasteiger partial charge is 0.492 e. The summed E-state index contributed by atoms with van der Waals surface area (Å²) in [5.41, 5.74) is 0.506. The van der Waals surface area contributed by atoms with E-state index in [0.29, 0.717) is 16.7 Å². The molecule has 0 aliphatic carbocycles. The maximum atomic E-state index is 12.2. The van der Waals surface area contributed by atoms with E-state index in [2.05, 4.69) is 4.74 Å². The molecule has 0 saturated carbocycles. The number of alkyl halides is 3. The number of hydrogen-bond donors (Lipinski definition) is 1. The monoisotopic (exact) mass is 390 g/mol. The van der Waals surface area contributed by atoms with E-state index in [0.717, 1.165) is 12.1 Å². The molecule has 0 fully saturated rings. The number of para-hydroxylation sites is 1. The summed E-state index contributed by atoms with van der Waals surface area (Å²) in [6.45, 7) is 0.175. The molecule has 144 valence electrons. The third-order valence-electron chi connectivity index (χ3n) is 3.93. The molecule has 0 amide bonds. The van der Waals surface area contributed by atoms with Crippen molar-refractivity contribution in [2.45, 2.75) is 12.9 Å². The molecule has 0 aliphatic heterocycles. The summed E-state index contributed by atoms with van der Waals surface area (Å²) in [6.07, 6.45) is -4.77. The molecule has 3 aromatic rings. The van der Waals surface area contributed by atoms with Crippen LogP contribution < -0.4 is 9.47 Å². The van der Waals surface area contributed by atoms with Crippen molar-refractivity contribution in [1.29, 1.82) is 5.26 Å². The number of carboxylic acids is 1. The van der Waals surface area contributed by atoms with Crippen LogP contribution >= 0.6 is 0 Å². The van der Waals surface area contributed by atoms with Crippen molar-refractivity contribution in [3.8, 4) is 17.6 Å². The van der Waals surface area contributed by atoms with Gasteiger partial charge in [-0.25, -0.2) is 4.79 Å². The molecule has 0 bridgehead atoms. The lowest BCUT2D eigenvalue weighted by molar-refractivity contribution is -0.274. The first-order valence-electron chi connectivity index (χ1n) is 8.03. The van der Waals surface area contributed by atoms with Crippen molar-refractivity contribution < 1.29 is 32.5 Å². The van der Waals surface area contributed by atoms with Crippen molar-refractivity contribution in [2.75, 3.05) is 6.61 Å². The maximum Gasteiger partial charge on any atom is 0.573 e. The molecule has 6 nitrogen and oxygen atoms in total. The number of nitriles is 1. The third kappa shape index (κ3) is 4.01. The highest BCUT2D eigenvalue weighted by molar-refractivity contribution is 6.00. The highest BCUT2D eigenvalue weighted by atomic mass is 19.4. The fourth-order valence-corrected chi connectivity index (χ4v) is 2.86. The van der Waals surface area contributed by atoms with E-state index in [4.69, 9.17) is 4.74 Å². The van der Waals surface area contributed by atoms with Crippen molar-refractivity contribution >= 4 is 16.9 Å². The third-order valence-corrected chi connectivity index (χ3v) is 3.93. The Labute approximate surface area is 156 Å². The van der Waals surface area contributed by atoms with Crippen LogP contribution in [-0.2, 0) is 6.54 Å². The van der Waals surface area contributed by atoms with Crippen molar-refractivity contribution in [3.05, 3.63) is 59.8 Å². The average Bonchev–Trinajstić information content (AvgIpc) is 2.96. The number of aromatic carboxylic acids is 1. The van der Waals surface area contributed by atoms with Gasteiger partial charge in [0.1, 0.15) is 29.9 Å². The number of carbonyl (C=O) groups is 1. The molecule has 0 atom stereocenters. The number of aromatic nitrogens is 1. The summed E-state index contributed by atoms with van der Waals surface area (Å²) >= 11 is 0. The largest absolute Gasteiger partial charge is 0.573 e. The van der Waals surface area contributed by atoms with Crippen LogP contribution in [0.3, 0.4) is 0 Å². The van der Waals surface area contributed by atoms with Crippen LogP contribution in [0.2, 0.25) is 0 Å². The molecular formula is C19H13F3N2O4. The van der Waals surface area contributed by atoms with Gasteiger partial charge in [-0.05, 0) is 30.3 Å². The second-order valence-electron chi connectivity index (χ2n) is 5.68. The minimum absolute atomic E-state index is 0.0449. The Morgan fingerprint density at radius 1 is 1.11 bits per heavy atom. The van der Waals surface area contributed by atoms with Gasteiger partial charge in [0.15, 0.2) is 0 Å². The van der Waals surface area contributed by atoms with Gasteiger partial charge in [-0.3, -0.25) is 0 Å². The lowest BCUT2D eigenvalue weighted by Crippen LogP contribution is -2.17. The number of rotatable bonds is 6. The van der Waals surface area contributed by atoms with E-state index in [1.54, 1.807) is 24.3 Å². The van der Waals surface area contributed by atoms with Crippen LogP contribution in [0.4, 0.5) is 13.2 Å². The molecule has 0 saturated heterocycles. The van der Waals surface area contributed by atoms with Crippen LogP contribution in [-0.4, -0.2) is 28.6 Å². The van der Waals surface area contributed by atoms with Crippen molar-refractivity contribution in [3.63, 3.8) is 0 Å². The lowest BCUT2D eigenvalue weighted by Gasteiger charge is -2.12. The fourth-order valence-electron chi connectivity index (χ4n) is 2.86. The summed E-state index contributed by atoms with van der Waals surface area (Å²) in [6, 6.07) is 13.6. The van der Waals surface area contributed by atoms with Crippen LogP contribution in [0.15, 0.2) is 48.5 Å². The van der Waals surface area contributed by atoms with Gasteiger partial charge >= 0.3 is 12.3 Å². The Kier molecular flexibility index (Phi) is 5.13. The summed E-state index contributed by atoms with van der Waals surface area (Å²) in [7, 11) is 0. The zero-order chi connectivity index (χ0) is 20.3. The van der Waals surface area contributed by atoms with Crippen molar-refractivity contribution in [2.24, 2.45) is 0 Å². The van der Waals surface area contributed by atoms with E-state index in [9.17, 15) is 28.3 Å². The molecule has 1 N–H and O–H groups in total. The number of nitrogens with zero attached hydrogens (tertiary/aromatic N) is 2. The molecule has 1 aromatic heterocycles. The summed E-state index contributed by atoms with van der Waals surface area (Å²) in [5.74, 6) is -1.31. The summed E-state index contributed by atoms with van der Waals surface area (Å²) in [5, 5.41) is 19.4. The zero-order valence-electron chi connectivity index (χ0n) is 14.2. The van der Waals surface area contributed by atoms with E-state index >= 15 is 0 Å². The molecule has 0 aliphatic rings. The minimum Gasteiger partial charge on any atom is -0.492 e. The molecule has 28 heavy (non-hydrogen) atoms. The van der Waals surface area contributed by atoms with Crippen molar-refractivity contribution in [1.82, 2.24) is 4.57 Å².